The van der Waals surface area contributed by atoms with Crippen LogP contribution in [-0.4, -0.2) is 0 Å². The number of thiophene rings is 2. The Labute approximate surface area is 140 Å². The zero-order valence-corrected chi connectivity index (χ0v) is 14.5. The molecule has 1 radical (unpaired) electrons. The molecule has 0 N–H and O–H groups in total. The Kier molecular flexibility index (Phi) is 3.40. The van der Waals surface area contributed by atoms with E-state index in [9.17, 15) is 0 Å². The van der Waals surface area contributed by atoms with Crippen LogP contribution in [0.2, 0.25) is 0 Å². The summed E-state index contributed by atoms with van der Waals surface area (Å²) >= 11 is 3.77. The summed E-state index contributed by atoms with van der Waals surface area (Å²) in [6.45, 7) is 2.27. The van der Waals surface area contributed by atoms with E-state index >= 15 is 0 Å². The fourth-order valence-corrected chi connectivity index (χ4v) is 4.81. The van der Waals surface area contributed by atoms with Crippen LogP contribution in [0, 0.1) is 6.42 Å². The third-order valence-corrected chi connectivity index (χ3v) is 5.64. The maximum absolute atomic E-state index is 2.39. The van der Waals surface area contributed by atoms with Gasteiger partial charge in [-0.25, -0.2) is 18.6 Å². The van der Waals surface area contributed by atoms with Crippen LogP contribution >= 0.6 is 22.7 Å². The molecule has 2 heterocycles. The molecule has 1 aliphatic carbocycles. The van der Waals surface area contributed by atoms with Gasteiger partial charge in [-0.15, -0.1) is 28.2 Å². The molecule has 18 heavy (non-hydrogen) atoms. The molecule has 87 valence electrons. The molecule has 0 nitrogen and oxygen atoms in total. The number of allylic oxidation sites excluding steroid dienone is 1. The molecule has 0 saturated carbocycles. The second kappa shape index (κ2) is 4.75. The molecule has 0 aliphatic heterocycles. The van der Waals surface area contributed by atoms with Gasteiger partial charge in [-0.1, -0.05) is 30.5 Å². The Hall–Kier alpha value is -0.146. The maximum Gasteiger partial charge on any atom is 0.0529 e. The van der Waals surface area contributed by atoms with Crippen LogP contribution in [-0.2, 0) is 32.7 Å². The van der Waals surface area contributed by atoms with Crippen molar-refractivity contribution in [2.45, 2.75) is 12.8 Å². The Morgan fingerprint density at radius 1 is 1.22 bits per heavy atom. The van der Waals surface area contributed by atoms with E-state index in [1.807, 2.05) is 22.7 Å². The molecular formula is C15H11S2Y-. The fraction of sp³-hybridized carbons (Fsp3) is 0.133. The first-order valence-electron chi connectivity index (χ1n) is 5.78. The number of benzene rings is 1. The molecule has 2 aromatic heterocycles. The molecule has 0 fully saturated rings. The summed E-state index contributed by atoms with van der Waals surface area (Å²) in [5, 5.41) is 3.63. The van der Waals surface area contributed by atoms with Gasteiger partial charge >= 0.3 is 0 Å². The van der Waals surface area contributed by atoms with Crippen molar-refractivity contribution in [1.29, 1.82) is 0 Å². The van der Waals surface area contributed by atoms with Crippen molar-refractivity contribution in [3.63, 3.8) is 0 Å². The largest absolute Gasteiger partial charge is 0.227 e. The third-order valence-electron chi connectivity index (χ3n) is 3.44. The van der Waals surface area contributed by atoms with Crippen molar-refractivity contribution in [3.8, 4) is 0 Å². The molecule has 0 bridgehead atoms. The summed E-state index contributed by atoms with van der Waals surface area (Å²) in [4.78, 5) is 0. The molecular weight excluding hydrogens is 333 g/mol. The van der Waals surface area contributed by atoms with E-state index in [2.05, 4.69) is 49.1 Å². The van der Waals surface area contributed by atoms with Crippen molar-refractivity contribution in [3.05, 3.63) is 47.2 Å². The first kappa shape index (κ1) is 12.9. The van der Waals surface area contributed by atoms with Crippen LogP contribution in [0.25, 0.3) is 25.6 Å². The predicted molar refractivity (Wildman–Crippen MR) is 79.0 cm³/mol. The normalized spacial score (nSPS) is 17.5. The van der Waals surface area contributed by atoms with Crippen LogP contribution in [0.15, 0.2) is 29.7 Å². The number of hydrogen-bond acceptors (Lipinski definition) is 2. The Bertz CT molecular complexity index is 748. The van der Waals surface area contributed by atoms with E-state index in [-0.39, 0.29) is 32.7 Å². The summed E-state index contributed by atoms with van der Waals surface area (Å²) in [5.41, 5.74) is 2.86. The number of fused-ring (bicyclic) bond motifs is 4. The van der Waals surface area contributed by atoms with E-state index in [0.29, 0.717) is 5.92 Å². The van der Waals surface area contributed by atoms with Gasteiger partial charge in [0.05, 0.1) is 4.70 Å². The first-order chi connectivity index (χ1) is 8.33. The Morgan fingerprint density at radius 3 is 3.00 bits per heavy atom. The molecule has 1 unspecified atom stereocenters. The molecule has 3 aromatic rings. The minimum absolute atomic E-state index is 0. The molecule has 1 aromatic carbocycles. The van der Waals surface area contributed by atoms with E-state index in [1.54, 1.807) is 0 Å². The number of hydrogen-bond donors (Lipinski definition) is 0. The summed E-state index contributed by atoms with van der Waals surface area (Å²) in [6, 6.07) is 6.97. The quantitative estimate of drug-likeness (QED) is 0.476. The third kappa shape index (κ3) is 1.82. The van der Waals surface area contributed by atoms with Crippen LogP contribution in [0.4, 0.5) is 0 Å². The first-order valence-corrected chi connectivity index (χ1v) is 7.48. The van der Waals surface area contributed by atoms with Gasteiger partial charge < -0.3 is 0 Å². The van der Waals surface area contributed by atoms with Gasteiger partial charge in [0, 0.05) is 47.5 Å². The molecule has 1 atom stereocenters. The molecule has 4 rings (SSSR count). The van der Waals surface area contributed by atoms with Crippen molar-refractivity contribution >= 4 is 48.2 Å². The zero-order valence-electron chi connectivity index (χ0n) is 10.0. The zero-order chi connectivity index (χ0) is 11.4. The van der Waals surface area contributed by atoms with Gasteiger partial charge in [0.15, 0.2) is 0 Å². The number of rotatable bonds is 0. The van der Waals surface area contributed by atoms with Gasteiger partial charge in [-0.2, -0.15) is 0 Å². The molecule has 0 spiro atoms. The topological polar surface area (TPSA) is 0 Å². The van der Waals surface area contributed by atoms with Gasteiger partial charge in [0.1, 0.15) is 0 Å². The summed E-state index contributed by atoms with van der Waals surface area (Å²) in [6.07, 6.45) is 6.67. The van der Waals surface area contributed by atoms with Crippen molar-refractivity contribution in [2.24, 2.45) is 0 Å². The Balaban J connectivity index is 0.000001000. The monoisotopic (exact) mass is 344 g/mol. The predicted octanol–water partition coefficient (Wildman–Crippen LogP) is 5.45. The summed E-state index contributed by atoms with van der Waals surface area (Å²) in [7, 11) is 0. The van der Waals surface area contributed by atoms with Gasteiger partial charge in [-0.3, -0.25) is 0 Å². The SMILES string of the molecule is CC1[CH-]C=Cc2cc3sc4ccsc4c3cc21.[Y]. The van der Waals surface area contributed by atoms with Gasteiger partial charge in [0.25, 0.3) is 0 Å². The standard InChI is InChI=1S/C15H11S2.Y/c1-9-3-2-4-10-7-14-12(8-11(9)10)15-13(17-14)5-6-16-15;/h2-9H,1H3;/q-1;. The smallest absolute Gasteiger partial charge is 0.0529 e. The van der Waals surface area contributed by atoms with Gasteiger partial charge in [0.2, 0.25) is 0 Å². The second-order valence-corrected chi connectivity index (χ2v) is 6.53. The van der Waals surface area contributed by atoms with E-state index in [4.69, 9.17) is 0 Å². The van der Waals surface area contributed by atoms with Crippen LogP contribution in [0.5, 0.6) is 0 Å². The molecule has 3 heteroatoms. The summed E-state index contributed by atoms with van der Waals surface area (Å²) < 4.78 is 4.30. The summed E-state index contributed by atoms with van der Waals surface area (Å²) in [5.74, 6) is 0.536. The second-order valence-electron chi connectivity index (χ2n) is 4.53. The molecule has 0 amide bonds. The molecule has 0 saturated heterocycles. The van der Waals surface area contributed by atoms with Crippen molar-refractivity contribution in [2.75, 3.05) is 0 Å². The van der Waals surface area contributed by atoms with Crippen molar-refractivity contribution in [1.82, 2.24) is 0 Å². The van der Waals surface area contributed by atoms with Crippen LogP contribution < -0.4 is 0 Å². The van der Waals surface area contributed by atoms with Crippen molar-refractivity contribution < 1.29 is 32.7 Å². The fourth-order valence-electron chi connectivity index (χ4n) is 2.54. The van der Waals surface area contributed by atoms with E-state index in [0.717, 1.165) is 0 Å². The van der Waals surface area contributed by atoms with E-state index in [1.165, 1.54) is 30.6 Å². The Morgan fingerprint density at radius 2 is 2.11 bits per heavy atom. The maximum atomic E-state index is 2.39. The van der Waals surface area contributed by atoms with E-state index < -0.39 is 0 Å². The molecule has 1 aliphatic rings. The average molecular weight is 344 g/mol. The minimum atomic E-state index is 0. The average Bonchev–Trinajstić information content (AvgIpc) is 2.87. The minimum Gasteiger partial charge on any atom is -0.227 e. The van der Waals surface area contributed by atoms with Crippen LogP contribution in [0.3, 0.4) is 0 Å². The van der Waals surface area contributed by atoms with Crippen LogP contribution in [0.1, 0.15) is 24.0 Å². The van der Waals surface area contributed by atoms with Gasteiger partial charge in [-0.05, 0) is 11.4 Å².